The molecule has 3 heteroatoms. The zero-order valence-electron chi connectivity index (χ0n) is 7.02. The van der Waals surface area contributed by atoms with Crippen LogP contribution >= 0.6 is 0 Å². The van der Waals surface area contributed by atoms with E-state index in [0.29, 0.717) is 0 Å². The third-order valence-corrected chi connectivity index (χ3v) is 6.07. The highest BCUT2D eigenvalue weighted by atomic mass is 28.3. The lowest BCUT2D eigenvalue weighted by Gasteiger charge is -2.16. The molecule has 0 fully saturated rings. The summed E-state index contributed by atoms with van der Waals surface area (Å²) in [7, 11) is 5.29. The maximum absolute atomic E-state index is 2.38. The Labute approximate surface area is 63.0 Å². The van der Waals surface area contributed by atoms with Gasteiger partial charge in [0.25, 0.3) is 0 Å². The van der Waals surface area contributed by atoms with E-state index in [-0.39, 0.29) is 8.80 Å². The van der Waals surface area contributed by atoms with Crippen LogP contribution in [-0.2, 0) is 0 Å². The molecule has 9 heavy (non-hydrogen) atoms. The van der Waals surface area contributed by atoms with Gasteiger partial charge in [-0.15, -0.1) is 0 Å². The zero-order valence-corrected chi connectivity index (χ0v) is 9.02. The summed E-state index contributed by atoms with van der Waals surface area (Å²) in [5, 5.41) is 0.949. The second-order valence-corrected chi connectivity index (χ2v) is 8.44. The van der Waals surface area contributed by atoms with E-state index in [1.165, 1.54) is 0 Å². The van der Waals surface area contributed by atoms with E-state index < -0.39 is 0 Å². The van der Waals surface area contributed by atoms with Gasteiger partial charge in [-0.05, 0) is 19.3 Å². The van der Waals surface area contributed by atoms with E-state index in [1.54, 1.807) is 0 Å². The van der Waals surface area contributed by atoms with Crippen molar-refractivity contribution in [3.05, 3.63) is 0 Å². The van der Waals surface area contributed by atoms with Crippen molar-refractivity contribution in [3.63, 3.8) is 0 Å². The van der Waals surface area contributed by atoms with Crippen LogP contribution < -0.4 is 0 Å². The molecule has 3 radical (unpaired) electrons. The maximum atomic E-state index is 2.38. The average Bonchev–Trinajstić information content (AvgIpc) is 1.63. The van der Waals surface area contributed by atoms with Gasteiger partial charge in [0.15, 0.2) is 0 Å². The van der Waals surface area contributed by atoms with Gasteiger partial charge in [-0.25, -0.2) is 0 Å². The lowest BCUT2D eigenvalue weighted by Crippen LogP contribution is -2.27. The predicted octanol–water partition coefficient (Wildman–Crippen LogP) is 1.27. The van der Waals surface area contributed by atoms with Crippen molar-refractivity contribution in [1.82, 2.24) is 4.57 Å². The lowest BCUT2D eigenvalue weighted by molar-refractivity contribution is 0.654. The fourth-order valence-corrected chi connectivity index (χ4v) is 3.10. The Hall–Kier alpha value is 0.394. The molecule has 1 nitrogen and oxygen atoms in total. The largest absolute Gasteiger partial charge is 0.331 e. The Morgan fingerprint density at radius 1 is 1.33 bits per heavy atom. The first-order chi connectivity index (χ1) is 4.04. The molecule has 0 aliphatic carbocycles. The Morgan fingerprint density at radius 3 is 1.89 bits per heavy atom. The van der Waals surface area contributed by atoms with Gasteiger partial charge in [-0.3, -0.25) is 0 Å². The Morgan fingerprint density at radius 2 is 1.78 bits per heavy atom. The summed E-state index contributed by atoms with van der Waals surface area (Å²) in [5.74, 6) is 0. The van der Waals surface area contributed by atoms with E-state index in [4.69, 9.17) is 0 Å². The fourth-order valence-electron chi connectivity index (χ4n) is 0.516. The van der Waals surface area contributed by atoms with Gasteiger partial charge in [0.1, 0.15) is 9.68 Å². The molecule has 0 aromatic heterocycles. The molecule has 0 aromatic rings. The van der Waals surface area contributed by atoms with Crippen LogP contribution in [0.1, 0.15) is 6.92 Å². The number of hydrogen-bond acceptors (Lipinski definition) is 1. The minimum atomic E-state index is -0.0368. The van der Waals surface area contributed by atoms with Crippen LogP contribution in [0.2, 0.25) is 18.3 Å². The first kappa shape index (κ1) is 9.39. The predicted molar refractivity (Wildman–Crippen MR) is 46.3 cm³/mol. The molecule has 0 aliphatic rings. The molecule has 1 atom stereocenters. The molecule has 0 N–H and O–H groups in total. The average molecular weight is 158 g/mol. The van der Waals surface area contributed by atoms with Crippen molar-refractivity contribution >= 4 is 18.5 Å². The first-order valence-electron chi connectivity index (χ1n) is 3.27. The normalized spacial score (nSPS) is 15.0. The molecular weight excluding hydrogens is 142 g/mol. The van der Waals surface area contributed by atoms with Crippen molar-refractivity contribution in [1.29, 1.82) is 0 Å². The highest BCUT2D eigenvalue weighted by molar-refractivity contribution is 6.69. The van der Waals surface area contributed by atoms with Crippen LogP contribution in [-0.4, -0.2) is 37.1 Å². The SMILES string of the molecule is CC([Si]N(C)C)[Si](C)C. The zero-order chi connectivity index (χ0) is 7.44. The topological polar surface area (TPSA) is 3.24 Å². The summed E-state index contributed by atoms with van der Waals surface area (Å²) in [5.41, 5.74) is 0. The molecule has 53 valence electrons. The molecule has 0 aromatic carbocycles. The molecule has 0 amide bonds. The maximum Gasteiger partial charge on any atom is 0.141 e. The third-order valence-electron chi connectivity index (χ3n) is 1.32. The van der Waals surface area contributed by atoms with Gasteiger partial charge < -0.3 is 4.57 Å². The molecule has 0 rings (SSSR count). The summed E-state index contributed by atoms with van der Waals surface area (Å²) < 4.78 is 2.29. The van der Waals surface area contributed by atoms with Crippen LogP contribution in [0, 0.1) is 0 Å². The molecule has 0 aliphatic heterocycles. The minimum Gasteiger partial charge on any atom is -0.331 e. The Kier molecular flexibility index (Phi) is 4.43. The van der Waals surface area contributed by atoms with Crippen molar-refractivity contribution in [3.8, 4) is 0 Å². The van der Waals surface area contributed by atoms with Crippen molar-refractivity contribution < 1.29 is 0 Å². The van der Waals surface area contributed by atoms with Crippen molar-refractivity contribution in [2.45, 2.75) is 25.2 Å². The number of hydrogen-bond donors (Lipinski definition) is 0. The van der Waals surface area contributed by atoms with Gasteiger partial charge in [0, 0.05) is 8.80 Å². The summed E-state index contributed by atoms with van der Waals surface area (Å²) in [6.07, 6.45) is 0. The molecule has 1 unspecified atom stereocenters. The summed E-state index contributed by atoms with van der Waals surface area (Å²) in [6, 6.07) is 0. The molecule has 0 heterocycles. The highest BCUT2D eigenvalue weighted by Gasteiger charge is 2.10. The van der Waals surface area contributed by atoms with Crippen LogP contribution in [0.5, 0.6) is 0 Å². The first-order valence-corrected chi connectivity index (χ1v) is 6.87. The van der Waals surface area contributed by atoms with Gasteiger partial charge in [-0.1, -0.05) is 20.0 Å². The van der Waals surface area contributed by atoms with Crippen molar-refractivity contribution in [2.24, 2.45) is 0 Å². The fraction of sp³-hybridized carbons (Fsp3) is 1.00. The summed E-state index contributed by atoms with van der Waals surface area (Å²) in [6.45, 7) is 7.12. The lowest BCUT2D eigenvalue weighted by atomic mass is 10.9. The van der Waals surface area contributed by atoms with Gasteiger partial charge in [-0.2, -0.15) is 0 Å². The molecule has 0 bridgehead atoms. The molecule has 0 saturated heterocycles. The molecule has 0 spiro atoms. The second-order valence-electron chi connectivity index (χ2n) is 2.82. The summed E-state index contributed by atoms with van der Waals surface area (Å²) >= 11 is 0. The monoisotopic (exact) mass is 158 g/mol. The Bertz CT molecular complexity index is 73.5. The van der Waals surface area contributed by atoms with E-state index in [1.807, 2.05) is 0 Å². The number of nitrogens with zero attached hydrogens (tertiary/aromatic N) is 1. The van der Waals surface area contributed by atoms with E-state index in [2.05, 4.69) is 38.7 Å². The number of rotatable bonds is 3. The molecular formula is C6H16NSi2. The smallest absolute Gasteiger partial charge is 0.141 e. The third kappa shape index (κ3) is 4.87. The van der Waals surface area contributed by atoms with Crippen LogP contribution in [0.15, 0.2) is 0 Å². The second kappa shape index (κ2) is 4.25. The van der Waals surface area contributed by atoms with Crippen LogP contribution in [0.25, 0.3) is 0 Å². The van der Waals surface area contributed by atoms with Gasteiger partial charge in [0.05, 0.1) is 0 Å². The molecule has 0 saturated carbocycles. The van der Waals surface area contributed by atoms with E-state index in [0.717, 1.165) is 14.8 Å². The minimum absolute atomic E-state index is 0.0368. The summed E-state index contributed by atoms with van der Waals surface area (Å²) in [4.78, 5) is 0. The van der Waals surface area contributed by atoms with E-state index in [9.17, 15) is 0 Å². The van der Waals surface area contributed by atoms with Gasteiger partial charge >= 0.3 is 0 Å². The van der Waals surface area contributed by atoms with Crippen LogP contribution in [0.3, 0.4) is 0 Å². The van der Waals surface area contributed by atoms with E-state index >= 15 is 0 Å². The quantitative estimate of drug-likeness (QED) is 0.559. The van der Waals surface area contributed by atoms with Crippen molar-refractivity contribution in [2.75, 3.05) is 14.1 Å². The van der Waals surface area contributed by atoms with Gasteiger partial charge in [0.2, 0.25) is 0 Å². The standard InChI is InChI=1S/C6H16NSi2/c1-6(9(4)5)8-7(2)3/h6H,1-5H3. The highest BCUT2D eigenvalue weighted by Crippen LogP contribution is 2.06. The van der Waals surface area contributed by atoms with Crippen LogP contribution in [0.4, 0.5) is 0 Å². The Balaban J connectivity index is 3.38.